The summed E-state index contributed by atoms with van der Waals surface area (Å²) in [7, 11) is 0. The molecule has 11 heavy (non-hydrogen) atoms. The molecule has 0 saturated heterocycles. The zero-order chi connectivity index (χ0) is 8.53. The van der Waals surface area contributed by atoms with E-state index in [1.807, 2.05) is 0 Å². The standard InChI is InChI=1S/C7H10Cl2O2/c8-7(9)4-2-1-3-5-11-6-10/h4,6H,1-3,5H2. The number of carbonyl (C=O) groups excluding carboxylic acids is 1. The molecule has 0 rings (SSSR count). The second-order valence-electron chi connectivity index (χ2n) is 1.96. The number of rotatable bonds is 6. The summed E-state index contributed by atoms with van der Waals surface area (Å²) >= 11 is 10.7. The molecule has 0 aromatic rings. The molecule has 0 unspecified atom stereocenters. The van der Waals surface area contributed by atoms with Crippen molar-refractivity contribution in [2.75, 3.05) is 6.61 Å². The molecule has 0 N–H and O–H groups in total. The summed E-state index contributed by atoms with van der Waals surface area (Å²) in [5.41, 5.74) is 0. The first-order valence-corrected chi connectivity index (χ1v) is 4.09. The molecule has 0 heterocycles. The number of hydrogen-bond donors (Lipinski definition) is 0. The molecule has 0 aliphatic rings. The topological polar surface area (TPSA) is 26.3 Å². The highest BCUT2D eigenvalue weighted by molar-refractivity contribution is 6.55. The lowest BCUT2D eigenvalue weighted by molar-refractivity contribution is -0.128. The lowest BCUT2D eigenvalue weighted by atomic mass is 10.2. The maximum Gasteiger partial charge on any atom is 0.293 e. The highest BCUT2D eigenvalue weighted by atomic mass is 35.5. The summed E-state index contributed by atoms with van der Waals surface area (Å²) in [5, 5.41) is 0. The third-order valence-corrected chi connectivity index (χ3v) is 1.39. The third kappa shape index (κ3) is 9.79. The van der Waals surface area contributed by atoms with Crippen LogP contribution in [0.5, 0.6) is 0 Å². The summed E-state index contributed by atoms with van der Waals surface area (Å²) in [6.45, 7) is 0.918. The van der Waals surface area contributed by atoms with E-state index in [0.29, 0.717) is 17.6 Å². The van der Waals surface area contributed by atoms with E-state index in [0.717, 1.165) is 19.3 Å². The summed E-state index contributed by atoms with van der Waals surface area (Å²) in [4.78, 5) is 9.67. The van der Waals surface area contributed by atoms with Crippen LogP contribution in [-0.4, -0.2) is 13.1 Å². The molecular weight excluding hydrogens is 187 g/mol. The number of hydrogen-bond acceptors (Lipinski definition) is 2. The van der Waals surface area contributed by atoms with E-state index < -0.39 is 0 Å². The van der Waals surface area contributed by atoms with Crippen molar-refractivity contribution in [1.82, 2.24) is 0 Å². The van der Waals surface area contributed by atoms with Crippen LogP contribution in [0.25, 0.3) is 0 Å². The van der Waals surface area contributed by atoms with Gasteiger partial charge in [-0.25, -0.2) is 0 Å². The summed E-state index contributed by atoms with van der Waals surface area (Å²) in [6.07, 6.45) is 4.32. The molecule has 0 aliphatic heterocycles. The molecule has 0 atom stereocenters. The molecule has 0 amide bonds. The van der Waals surface area contributed by atoms with E-state index in [4.69, 9.17) is 23.2 Å². The van der Waals surface area contributed by atoms with E-state index >= 15 is 0 Å². The van der Waals surface area contributed by atoms with Crippen LogP contribution in [0.1, 0.15) is 19.3 Å². The molecule has 0 spiro atoms. The summed E-state index contributed by atoms with van der Waals surface area (Å²) in [6, 6.07) is 0. The minimum atomic E-state index is 0.293. The predicted molar refractivity (Wildman–Crippen MR) is 45.7 cm³/mol. The van der Waals surface area contributed by atoms with Gasteiger partial charge in [-0.1, -0.05) is 29.3 Å². The van der Waals surface area contributed by atoms with E-state index in [1.54, 1.807) is 6.08 Å². The zero-order valence-corrected chi connectivity index (χ0v) is 7.57. The molecular formula is C7H10Cl2O2. The second kappa shape index (κ2) is 7.89. The minimum Gasteiger partial charge on any atom is -0.468 e. The van der Waals surface area contributed by atoms with E-state index in [-0.39, 0.29) is 0 Å². The molecule has 0 aromatic heterocycles. The van der Waals surface area contributed by atoms with Crippen LogP contribution in [-0.2, 0) is 9.53 Å². The smallest absolute Gasteiger partial charge is 0.293 e. The van der Waals surface area contributed by atoms with Crippen molar-refractivity contribution < 1.29 is 9.53 Å². The van der Waals surface area contributed by atoms with E-state index in [9.17, 15) is 4.79 Å². The van der Waals surface area contributed by atoms with Gasteiger partial charge in [0.25, 0.3) is 6.47 Å². The van der Waals surface area contributed by atoms with Gasteiger partial charge in [-0.2, -0.15) is 0 Å². The van der Waals surface area contributed by atoms with Gasteiger partial charge in [-0.05, 0) is 19.3 Å². The van der Waals surface area contributed by atoms with Crippen molar-refractivity contribution in [3.05, 3.63) is 10.6 Å². The maximum atomic E-state index is 9.67. The van der Waals surface area contributed by atoms with Gasteiger partial charge in [0.2, 0.25) is 0 Å². The van der Waals surface area contributed by atoms with Gasteiger partial charge in [-0.15, -0.1) is 0 Å². The van der Waals surface area contributed by atoms with Crippen LogP contribution in [0.15, 0.2) is 10.6 Å². The first-order valence-electron chi connectivity index (χ1n) is 3.33. The first kappa shape index (κ1) is 10.8. The molecule has 0 aliphatic carbocycles. The second-order valence-corrected chi connectivity index (χ2v) is 2.96. The molecule has 0 radical (unpaired) electrons. The molecule has 64 valence electrons. The molecule has 4 heteroatoms. The lowest BCUT2D eigenvalue weighted by Gasteiger charge is -1.95. The quantitative estimate of drug-likeness (QED) is 0.483. The Morgan fingerprint density at radius 1 is 1.36 bits per heavy atom. The normalized spacial score (nSPS) is 8.91. The monoisotopic (exact) mass is 196 g/mol. The highest BCUT2D eigenvalue weighted by Gasteiger charge is 1.87. The fourth-order valence-electron chi connectivity index (χ4n) is 0.589. The molecule has 0 bridgehead atoms. The molecule has 0 saturated carbocycles. The fourth-order valence-corrected chi connectivity index (χ4v) is 0.807. The number of unbranched alkanes of at least 4 members (excludes halogenated alkanes) is 2. The Morgan fingerprint density at radius 2 is 2.09 bits per heavy atom. The maximum absolute atomic E-state index is 9.67. The Balaban J connectivity index is 3.02. The van der Waals surface area contributed by atoms with Crippen molar-refractivity contribution in [2.24, 2.45) is 0 Å². The summed E-state index contributed by atoms with van der Waals surface area (Å²) in [5.74, 6) is 0. The van der Waals surface area contributed by atoms with Crippen LogP contribution in [0.3, 0.4) is 0 Å². The minimum absolute atomic E-state index is 0.293. The van der Waals surface area contributed by atoms with Crippen LogP contribution in [0.2, 0.25) is 0 Å². The Hall–Kier alpha value is -0.210. The van der Waals surface area contributed by atoms with Gasteiger partial charge in [-0.3, -0.25) is 4.79 Å². The number of allylic oxidation sites excluding steroid dienone is 1. The Morgan fingerprint density at radius 3 is 2.64 bits per heavy atom. The van der Waals surface area contributed by atoms with Crippen LogP contribution < -0.4 is 0 Å². The van der Waals surface area contributed by atoms with Gasteiger partial charge in [0, 0.05) is 0 Å². The zero-order valence-electron chi connectivity index (χ0n) is 6.06. The van der Waals surface area contributed by atoms with Crippen LogP contribution >= 0.6 is 23.2 Å². The van der Waals surface area contributed by atoms with Gasteiger partial charge in [0.05, 0.1) is 6.61 Å². The van der Waals surface area contributed by atoms with Crippen LogP contribution in [0.4, 0.5) is 0 Å². The van der Waals surface area contributed by atoms with Crippen LogP contribution in [0, 0.1) is 0 Å². The van der Waals surface area contributed by atoms with Gasteiger partial charge in [0.15, 0.2) is 0 Å². The van der Waals surface area contributed by atoms with E-state index in [2.05, 4.69) is 4.74 Å². The van der Waals surface area contributed by atoms with E-state index in [1.165, 1.54) is 0 Å². The molecule has 0 aromatic carbocycles. The molecule has 2 nitrogen and oxygen atoms in total. The Kier molecular flexibility index (Phi) is 7.74. The first-order chi connectivity index (χ1) is 5.27. The number of carbonyl (C=O) groups is 1. The average molecular weight is 197 g/mol. The lowest BCUT2D eigenvalue weighted by Crippen LogP contribution is -1.90. The number of ether oxygens (including phenoxy) is 1. The van der Waals surface area contributed by atoms with Crippen molar-refractivity contribution in [2.45, 2.75) is 19.3 Å². The van der Waals surface area contributed by atoms with Crippen molar-refractivity contribution in [1.29, 1.82) is 0 Å². The highest BCUT2D eigenvalue weighted by Crippen LogP contribution is 2.09. The van der Waals surface area contributed by atoms with Crippen molar-refractivity contribution >= 4 is 29.7 Å². The summed E-state index contributed by atoms with van der Waals surface area (Å²) < 4.78 is 4.77. The average Bonchev–Trinajstić information content (AvgIpc) is 1.96. The Bertz CT molecular complexity index is 130. The van der Waals surface area contributed by atoms with Crippen molar-refractivity contribution in [3.8, 4) is 0 Å². The van der Waals surface area contributed by atoms with Gasteiger partial charge < -0.3 is 4.74 Å². The Labute approximate surface area is 76.1 Å². The molecule has 0 fully saturated rings. The van der Waals surface area contributed by atoms with Crippen molar-refractivity contribution in [3.63, 3.8) is 0 Å². The third-order valence-electron chi connectivity index (χ3n) is 1.08. The SMILES string of the molecule is O=COCCCCC=C(Cl)Cl. The van der Waals surface area contributed by atoms with Gasteiger partial charge in [0.1, 0.15) is 4.49 Å². The largest absolute Gasteiger partial charge is 0.468 e. The van der Waals surface area contributed by atoms with Gasteiger partial charge >= 0.3 is 0 Å². The predicted octanol–water partition coefficient (Wildman–Crippen LogP) is 2.65. The number of halogens is 2. The fraction of sp³-hybridized carbons (Fsp3) is 0.571.